The van der Waals surface area contributed by atoms with Gasteiger partial charge in [-0.15, -0.1) is 11.3 Å². The van der Waals surface area contributed by atoms with E-state index in [1.54, 1.807) is 24.6 Å². The Labute approximate surface area is 135 Å². The Morgan fingerprint density at radius 3 is 2.70 bits per heavy atom. The van der Waals surface area contributed by atoms with Gasteiger partial charge in [-0.25, -0.2) is 17.2 Å². The lowest BCUT2D eigenvalue weighted by Gasteiger charge is -2.08. The number of benzene rings is 1. The fraction of sp³-hybridized carbons (Fsp3) is 0.0714. The maximum Gasteiger partial charge on any atom is 0.265 e. The van der Waals surface area contributed by atoms with Gasteiger partial charge in [0.1, 0.15) is 22.2 Å². The van der Waals surface area contributed by atoms with Crippen molar-refractivity contribution >= 4 is 27.0 Å². The molecule has 1 aromatic carbocycles. The summed E-state index contributed by atoms with van der Waals surface area (Å²) in [7, 11) is -2.48. The molecule has 120 valence electrons. The minimum Gasteiger partial charge on any atom is -0.277 e. The van der Waals surface area contributed by atoms with Crippen LogP contribution in [0.2, 0.25) is 0 Å². The fourth-order valence-electron chi connectivity index (χ4n) is 2.02. The lowest BCUT2D eigenvalue weighted by atomic mass is 10.3. The largest absolute Gasteiger partial charge is 0.277 e. The van der Waals surface area contributed by atoms with E-state index in [9.17, 15) is 17.2 Å². The highest BCUT2D eigenvalue weighted by Gasteiger charge is 2.24. The van der Waals surface area contributed by atoms with E-state index >= 15 is 0 Å². The van der Waals surface area contributed by atoms with Gasteiger partial charge in [0.15, 0.2) is 0 Å². The third kappa shape index (κ3) is 3.10. The summed E-state index contributed by atoms with van der Waals surface area (Å²) < 4.78 is 55.2. The van der Waals surface area contributed by atoms with Crippen LogP contribution in [0.1, 0.15) is 0 Å². The molecule has 0 atom stereocenters. The number of anilines is 1. The van der Waals surface area contributed by atoms with Crippen molar-refractivity contribution in [1.82, 2.24) is 9.78 Å². The second-order valence-electron chi connectivity index (χ2n) is 4.72. The number of hydrogen-bond donors (Lipinski definition) is 1. The maximum atomic E-state index is 13.7. The minimum atomic E-state index is -4.07. The molecule has 0 amide bonds. The summed E-state index contributed by atoms with van der Waals surface area (Å²) in [6.07, 6.45) is 1.33. The SMILES string of the molecule is Cn1cc(S(=O)(=O)Nc2ccc(F)cc2F)c(-c2cccs2)n1. The van der Waals surface area contributed by atoms with Crippen molar-refractivity contribution in [2.75, 3.05) is 4.72 Å². The molecule has 0 aliphatic carbocycles. The van der Waals surface area contributed by atoms with Crippen molar-refractivity contribution in [2.24, 2.45) is 7.05 Å². The lowest BCUT2D eigenvalue weighted by Crippen LogP contribution is -2.14. The van der Waals surface area contributed by atoms with Crippen LogP contribution in [0.3, 0.4) is 0 Å². The first kappa shape index (κ1) is 15.6. The number of nitrogens with one attached hydrogen (secondary N) is 1. The van der Waals surface area contributed by atoms with Crippen LogP contribution in [0.4, 0.5) is 14.5 Å². The molecule has 0 saturated carbocycles. The summed E-state index contributed by atoms with van der Waals surface area (Å²) in [5, 5.41) is 5.95. The van der Waals surface area contributed by atoms with Crippen molar-refractivity contribution in [3.63, 3.8) is 0 Å². The predicted molar refractivity (Wildman–Crippen MR) is 83.7 cm³/mol. The highest BCUT2D eigenvalue weighted by Crippen LogP contribution is 2.30. The summed E-state index contributed by atoms with van der Waals surface area (Å²) in [6.45, 7) is 0. The van der Waals surface area contributed by atoms with Crippen molar-refractivity contribution in [2.45, 2.75) is 4.90 Å². The number of aromatic nitrogens is 2. The molecular formula is C14H11F2N3O2S2. The monoisotopic (exact) mass is 355 g/mol. The molecule has 2 aromatic heterocycles. The third-order valence-corrected chi connectivity index (χ3v) is 5.26. The van der Waals surface area contributed by atoms with Gasteiger partial charge in [-0.05, 0) is 23.6 Å². The summed E-state index contributed by atoms with van der Waals surface area (Å²) in [5.41, 5.74) is -0.0510. The van der Waals surface area contributed by atoms with Gasteiger partial charge in [0.25, 0.3) is 10.0 Å². The number of aryl methyl sites for hydroxylation is 1. The van der Waals surface area contributed by atoms with Gasteiger partial charge in [0, 0.05) is 19.3 Å². The molecule has 0 saturated heterocycles. The summed E-state index contributed by atoms with van der Waals surface area (Å²) in [5.74, 6) is -1.78. The first-order chi connectivity index (χ1) is 10.9. The molecule has 0 aliphatic rings. The van der Waals surface area contributed by atoms with Gasteiger partial charge in [0.05, 0.1) is 10.6 Å². The molecular weight excluding hydrogens is 344 g/mol. The van der Waals surface area contributed by atoms with E-state index in [0.717, 1.165) is 12.1 Å². The number of nitrogens with zero attached hydrogens (tertiary/aromatic N) is 2. The van der Waals surface area contributed by atoms with E-state index in [-0.39, 0.29) is 16.3 Å². The number of thiophene rings is 1. The number of rotatable bonds is 4. The Balaban J connectivity index is 2.04. The Morgan fingerprint density at radius 2 is 2.04 bits per heavy atom. The van der Waals surface area contributed by atoms with Crippen molar-refractivity contribution in [1.29, 1.82) is 0 Å². The van der Waals surface area contributed by atoms with Gasteiger partial charge in [0.2, 0.25) is 0 Å². The van der Waals surface area contributed by atoms with E-state index in [2.05, 4.69) is 9.82 Å². The van der Waals surface area contributed by atoms with Crippen molar-refractivity contribution in [3.8, 4) is 10.6 Å². The van der Waals surface area contributed by atoms with E-state index in [1.807, 2.05) is 0 Å². The molecule has 0 bridgehead atoms. The van der Waals surface area contributed by atoms with E-state index in [1.165, 1.54) is 22.2 Å². The maximum absolute atomic E-state index is 13.7. The summed E-state index contributed by atoms with van der Waals surface area (Å²) >= 11 is 1.34. The Morgan fingerprint density at radius 1 is 1.26 bits per heavy atom. The zero-order valence-electron chi connectivity index (χ0n) is 11.8. The second-order valence-corrected chi connectivity index (χ2v) is 7.32. The molecule has 3 rings (SSSR count). The van der Waals surface area contributed by atoms with Crippen LogP contribution >= 0.6 is 11.3 Å². The highest BCUT2D eigenvalue weighted by molar-refractivity contribution is 7.92. The smallest absolute Gasteiger partial charge is 0.265 e. The number of halogens is 2. The third-order valence-electron chi connectivity index (χ3n) is 3.01. The molecule has 1 N–H and O–H groups in total. The number of sulfonamides is 1. The first-order valence-corrected chi connectivity index (χ1v) is 8.78. The minimum absolute atomic E-state index is 0.0776. The highest BCUT2D eigenvalue weighted by atomic mass is 32.2. The molecule has 0 fully saturated rings. The standard InChI is InChI=1S/C14H11F2N3O2S2/c1-19-8-13(14(17-19)12-3-2-6-22-12)23(20,21)18-11-5-4-9(15)7-10(11)16/h2-8,18H,1H3. The van der Waals surface area contributed by atoms with Crippen LogP contribution in [-0.2, 0) is 17.1 Å². The van der Waals surface area contributed by atoms with Gasteiger partial charge < -0.3 is 0 Å². The van der Waals surface area contributed by atoms with Gasteiger partial charge in [-0.2, -0.15) is 5.10 Å². The van der Waals surface area contributed by atoms with E-state index in [4.69, 9.17) is 0 Å². The molecule has 0 spiro atoms. The molecule has 0 radical (unpaired) electrons. The molecule has 23 heavy (non-hydrogen) atoms. The molecule has 5 nitrogen and oxygen atoms in total. The van der Waals surface area contributed by atoms with Crippen molar-refractivity contribution < 1.29 is 17.2 Å². The Bertz CT molecular complexity index is 951. The van der Waals surface area contributed by atoms with Crippen LogP contribution in [0, 0.1) is 11.6 Å². The average molecular weight is 355 g/mol. The van der Waals surface area contributed by atoms with Gasteiger partial charge in [-0.1, -0.05) is 6.07 Å². The fourth-order valence-corrected chi connectivity index (χ4v) is 4.07. The quantitative estimate of drug-likeness (QED) is 0.781. The number of hydrogen-bond acceptors (Lipinski definition) is 4. The molecule has 0 aliphatic heterocycles. The predicted octanol–water partition coefficient (Wildman–Crippen LogP) is 3.23. The van der Waals surface area contributed by atoms with Crippen LogP contribution in [0.15, 0.2) is 46.8 Å². The molecule has 9 heteroatoms. The van der Waals surface area contributed by atoms with Gasteiger partial charge >= 0.3 is 0 Å². The zero-order chi connectivity index (χ0) is 16.6. The van der Waals surface area contributed by atoms with E-state index < -0.39 is 21.7 Å². The van der Waals surface area contributed by atoms with Gasteiger partial charge in [-0.3, -0.25) is 9.40 Å². The molecule has 2 heterocycles. The molecule has 0 unspecified atom stereocenters. The van der Waals surface area contributed by atoms with Crippen LogP contribution in [0.25, 0.3) is 10.6 Å². The first-order valence-electron chi connectivity index (χ1n) is 6.42. The average Bonchev–Trinajstić information content (AvgIpc) is 3.11. The lowest BCUT2D eigenvalue weighted by molar-refractivity contribution is 0.583. The van der Waals surface area contributed by atoms with Crippen LogP contribution in [-0.4, -0.2) is 18.2 Å². The van der Waals surface area contributed by atoms with Crippen molar-refractivity contribution in [3.05, 3.63) is 53.5 Å². The normalized spacial score (nSPS) is 11.6. The molecule has 3 aromatic rings. The van der Waals surface area contributed by atoms with Crippen LogP contribution < -0.4 is 4.72 Å². The van der Waals surface area contributed by atoms with E-state index in [0.29, 0.717) is 10.9 Å². The topological polar surface area (TPSA) is 64.0 Å². The Hall–Kier alpha value is -2.26. The van der Waals surface area contributed by atoms with Crippen LogP contribution in [0.5, 0.6) is 0 Å². The summed E-state index contributed by atoms with van der Waals surface area (Å²) in [4.78, 5) is 0.594. The Kier molecular flexibility index (Phi) is 3.90. The zero-order valence-corrected chi connectivity index (χ0v) is 13.5. The second kappa shape index (κ2) is 5.74. The summed E-state index contributed by atoms with van der Waals surface area (Å²) in [6, 6.07) is 6.14.